The Bertz CT molecular complexity index is 1110. The molecule has 0 bridgehead atoms. The van der Waals surface area contributed by atoms with E-state index in [0.717, 1.165) is 11.1 Å². The van der Waals surface area contributed by atoms with Gasteiger partial charge in [-0.1, -0.05) is 17.7 Å². The third-order valence-electron chi connectivity index (χ3n) is 5.16. The standard InChI is InChI=1S/C21H24N2O5S/c1-13-6-8-17(14(2)10-13)22-29(26,27)15-7-9-18-16(11-15)21(3,4)20(25)23(18)12-19(24)28-5/h6-11,22H,12H2,1-5H3. The highest BCUT2D eigenvalue weighted by Gasteiger charge is 2.45. The lowest BCUT2D eigenvalue weighted by molar-refractivity contribution is -0.140. The van der Waals surface area contributed by atoms with Gasteiger partial charge in [-0.05, 0) is 63.1 Å². The van der Waals surface area contributed by atoms with Gasteiger partial charge in [0.05, 0.1) is 23.1 Å². The number of amides is 1. The lowest BCUT2D eigenvalue weighted by Crippen LogP contribution is -2.39. The Morgan fingerprint density at radius 1 is 1.14 bits per heavy atom. The number of rotatable bonds is 5. The minimum atomic E-state index is -3.85. The summed E-state index contributed by atoms with van der Waals surface area (Å²) in [5.41, 5.74) is 2.45. The third-order valence-corrected chi connectivity index (χ3v) is 6.53. The molecule has 2 aromatic carbocycles. The molecule has 0 saturated heterocycles. The van der Waals surface area contributed by atoms with Gasteiger partial charge in [0.15, 0.2) is 0 Å². The van der Waals surface area contributed by atoms with Crippen LogP contribution in [0.5, 0.6) is 0 Å². The van der Waals surface area contributed by atoms with Gasteiger partial charge in [-0.15, -0.1) is 0 Å². The number of benzene rings is 2. The van der Waals surface area contributed by atoms with E-state index in [4.69, 9.17) is 0 Å². The molecule has 3 rings (SSSR count). The first-order valence-corrected chi connectivity index (χ1v) is 10.6. The molecule has 1 aliphatic rings. The molecule has 1 heterocycles. The minimum Gasteiger partial charge on any atom is -0.468 e. The fraction of sp³-hybridized carbons (Fsp3) is 0.333. The number of ether oxygens (including phenoxy) is 1. The second-order valence-corrected chi connectivity index (χ2v) is 9.38. The Morgan fingerprint density at radius 3 is 2.45 bits per heavy atom. The zero-order valence-electron chi connectivity index (χ0n) is 17.1. The number of methoxy groups -OCH3 is 1. The molecule has 1 N–H and O–H groups in total. The largest absolute Gasteiger partial charge is 0.468 e. The van der Waals surface area contributed by atoms with Crippen molar-refractivity contribution in [3.8, 4) is 0 Å². The first-order chi connectivity index (χ1) is 13.5. The van der Waals surface area contributed by atoms with Crippen molar-refractivity contribution in [1.29, 1.82) is 0 Å². The van der Waals surface area contributed by atoms with Crippen LogP contribution in [-0.2, 0) is 29.8 Å². The molecule has 2 aromatic rings. The van der Waals surface area contributed by atoms with Crippen molar-refractivity contribution < 1.29 is 22.7 Å². The van der Waals surface area contributed by atoms with Crippen molar-refractivity contribution in [2.24, 2.45) is 0 Å². The van der Waals surface area contributed by atoms with Crippen molar-refractivity contribution in [1.82, 2.24) is 0 Å². The van der Waals surface area contributed by atoms with Crippen molar-refractivity contribution in [2.75, 3.05) is 23.3 Å². The zero-order valence-corrected chi connectivity index (χ0v) is 17.9. The summed E-state index contributed by atoms with van der Waals surface area (Å²) >= 11 is 0. The Kier molecular flexibility index (Phi) is 5.17. The lowest BCUT2D eigenvalue weighted by atomic mass is 9.86. The van der Waals surface area contributed by atoms with Crippen LogP contribution in [-0.4, -0.2) is 33.9 Å². The van der Waals surface area contributed by atoms with Gasteiger partial charge in [0.1, 0.15) is 6.54 Å². The predicted octanol–water partition coefficient (Wildman–Crippen LogP) is 2.90. The van der Waals surface area contributed by atoms with Crippen LogP contribution in [0, 0.1) is 13.8 Å². The quantitative estimate of drug-likeness (QED) is 0.757. The maximum atomic E-state index is 13.0. The molecule has 0 fully saturated rings. The van der Waals surface area contributed by atoms with E-state index in [1.807, 2.05) is 26.0 Å². The molecular weight excluding hydrogens is 392 g/mol. The van der Waals surface area contributed by atoms with E-state index in [2.05, 4.69) is 9.46 Å². The molecule has 1 amide bonds. The lowest BCUT2D eigenvalue weighted by Gasteiger charge is -2.19. The molecular formula is C21H24N2O5S. The summed E-state index contributed by atoms with van der Waals surface area (Å²) in [6.45, 7) is 6.96. The maximum absolute atomic E-state index is 13.0. The van der Waals surface area contributed by atoms with E-state index in [0.29, 0.717) is 16.9 Å². The van der Waals surface area contributed by atoms with Crippen molar-refractivity contribution in [3.05, 3.63) is 53.1 Å². The van der Waals surface area contributed by atoms with Gasteiger partial charge in [-0.25, -0.2) is 8.42 Å². The first kappa shape index (κ1) is 20.9. The smallest absolute Gasteiger partial charge is 0.325 e. The molecule has 0 unspecified atom stereocenters. The van der Waals surface area contributed by atoms with Crippen LogP contribution in [0.4, 0.5) is 11.4 Å². The molecule has 7 nitrogen and oxygen atoms in total. The van der Waals surface area contributed by atoms with E-state index < -0.39 is 21.4 Å². The number of anilines is 2. The summed E-state index contributed by atoms with van der Waals surface area (Å²) in [4.78, 5) is 25.9. The summed E-state index contributed by atoms with van der Waals surface area (Å²) in [6, 6.07) is 9.94. The number of esters is 1. The van der Waals surface area contributed by atoms with Crippen LogP contribution in [0.15, 0.2) is 41.3 Å². The minimum absolute atomic E-state index is 0.0528. The maximum Gasteiger partial charge on any atom is 0.325 e. The van der Waals surface area contributed by atoms with E-state index in [1.165, 1.54) is 24.1 Å². The van der Waals surface area contributed by atoms with Gasteiger partial charge in [-0.2, -0.15) is 0 Å². The molecule has 0 radical (unpaired) electrons. The van der Waals surface area contributed by atoms with Crippen LogP contribution in [0.3, 0.4) is 0 Å². The highest BCUT2D eigenvalue weighted by molar-refractivity contribution is 7.92. The normalized spacial score (nSPS) is 15.2. The van der Waals surface area contributed by atoms with Gasteiger partial charge in [-0.3, -0.25) is 14.3 Å². The Morgan fingerprint density at radius 2 is 1.83 bits per heavy atom. The van der Waals surface area contributed by atoms with E-state index in [9.17, 15) is 18.0 Å². The van der Waals surface area contributed by atoms with Gasteiger partial charge in [0.25, 0.3) is 10.0 Å². The molecule has 0 saturated carbocycles. The fourth-order valence-corrected chi connectivity index (χ4v) is 4.62. The molecule has 1 aliphatic heterocycles. The summed E-state index contributed by atoms with van der Waals surface area (Å²) < 4.78 is 33.2. The second kappa shape index (κ2) is 7.18. The van der Waals surface area contributed by atoms with Gasteiger partial charge in [0.2, 0.25) is 5.91 Å². The Labute approximate surface area is 170 Å². The summed E-state index contributed by atoms with van der Waals surface area (Å²) in [5.74, 6) is -0.829. The van der Waals surface area contributed by atoms with E-state index >= 15 is 0 Å². The SMILES string of the molecule is COC(=O)CN1C(=O)C(C)(C)c2cc(S(=O)(=O)Nc3ccc(C)cc3C)ccc21. The van der Waals surface area contributed by atoms with E-state index in [-0.39, 0.29) is 17.3 Å². The highest BCUT2D eigenvalue weighted by Crippen LogP contribution is 2.42. The monoisotopic (exact) mass is 416 g/mol. The highest BCUT2D eigenvalue weighted by atomic mass is 32.2. The number of fused-ring (bicyclic) bond motifs is 1. The van der Waals surface area contributed by atoms with Crippen LogP contribution >= 0.6 is 0 Å². The second-order valence-electron chi connectivity index (χ2n) is 7.70. The number of sulfonamides is 1. The number of nitrogens with one attached hydrogen (secondary N) is 1. The van der Waals surface area contributed by atoms with Gasteiger partial charge in [0, 0.05) is 5.69 Å². The topological polar surface area (TPSA) is 92.8 Å². The number of carbonyl (C=O) groups is 2. The number of aryl methyl sites for hydroxylation is 2. The Balaban J connectivity index is 2.00. The van der Waals surface area contributed by atoms with Crippen molar-refractivity contribution in [3.63, 3.8) is 0 Å². The van der Waals surface area contributed by atoms with E-state index in [1.54, 1.807) is 26.0 Å². The van der Waals surface area contributed by atoms with Crippen molar-refractivity contribution >= 4 is 33.3 Å². The molecule has 8 heteroatoms. The molecule has 0 atom stereocenters. The zero-order chi connectivity index (χ0) is 21.6. The molecule has 0 aromatic heterocycles. The van der Waals surface area contributed by atoms with Gasteiger partial charge < -0.3 is 9.64 Å². The Hall–Kier alpha value is -2.87. The molecule has 0 aliphatic carbocycles. The van der Waals surface area contributed by atoms with Crippen molar-refractivity contribution in [2.45, 2.75) is 38.0 Å². The summed E-state index contributed by atoms with van der Waals surface area (Å²) in [5, 5.41) is 0. The number of nitrogens with zero attached hydrogens (tertiary/aromatic N) is 1. The van der Waals surface area contributed by atoms with Crippen LogP contribution < -0.4 is 9.62 Å². The molecule has 29 heavy (non-hydrogen) atoms. The number of carbonyl (C=O) groups excluding carboxylic acids is 2. The first-order valence-electron chi connectivity index (χ1n) is 9.11. The van der Waals surface area contributed by atoms with Crippen LogP contribution in [0.25, 0.3) is 0 Å². The average Bonchev–Trinajstić information content (AvgIpc) is 2.84. The summed E-state index contributed by atoms with van der Waals surface area (Å²) in [6.07, 6.45) is 0. The number of hydrogen-bond donors (Lipinski definition) is 1. The summed E-state index contributed by atoms with van der Waals surface area (Å²) in [7, 11) is -2.60. The molecule has 154 valence electrons. The predicted molar refractivity (Wildman–Crippen MR) is 111 cm³/mol. The fourth-order valence-electron chi connectivity index (χ4n) is 3.46. The van der Waals surface area contributed by atoms with Gasteiger partial charge >= 0.3 is 5.97 Å². The third kappa shape index (κ3) is 3.72. The van der Waals surface area contributed by atoms with Crippen LogP contribution in [0.2, 0.25) is 0 Å². The van der Waals surface area contributed by atoms with Crippen LogP contribution in [0.1, 0.15) is 30.5 Å². The average molecular weight is 416 g/mol. The molecule has 0 spiro atoms. The number of hydrogen-bond acceptors (Lipinski definition) is 5.